The summed E-state index contributed by atoms with van der Waals surface area (Å²) in [5, 5.41) is 14.1. The van der Waals surface area contributed by atoms with E-state index in [1.807, 2.05) is 41.1 Å². The summed E-state index contributed by atoms with van der Waals surface area (Å²) in [6, 6.07) is 11.5. The van der Waals surface area contributed by atoms with Crippen molar-refractivity contribution >= 4 is 28.6 Å². The van der Waals surface area contributed by atoms with E-state index in [1.165, 1.54) is 0 Å². The first kappa shape index (κ1) is 27.2. The van der Waals surface area contributed by atoms with E-state index in [-0.39, 0.29) is 10.7 Å². The van der Waals surface area contributed by atoms with Gasteiger partial charge in [-0.2, -0.15) is 0 Å². The highest BCUT2D eigenvalue weighted by atomic mass is 32.2. The Morgan fingerprint density at radius 1 is 1.14 bits per heavy atom. The van der Waals surface area contributed by atoms with Gasteiger partial charge in [0.15, 0.2) is 11.0 Å². The second-order valence-corrected chi connectivity index (χ2v) is 11.8. The predicted octanol–water partition coefficient (Wildman–Crippen LogP) is 4.50. The number of aromatic amines is 1. The Labute approximate surface area is 213 Å². The van der Waals surface area contributed by atoms with Gasteiger partial charge in [-0.05, 0) is 37.6 Å². The molecule has 3 heterocycles. The number of nitrogens with two attached hydrogens (primary N) is 1. The normalized spacial score (nSPS) is 12.7. The Hall–Kier alpha value is -3.44. The number of thioether (sulfide) groups is 1. The number of carbonyl (C=O) groups excluding carboxylic acids is 1. The molecule has 4 rings (SSSR count). The average molecular weight is 513 g/mol. The van der Waals surface area contributed by atoms with Crippen LogP contribution in [0.5, 0.6) is 0 Å². The minimum atomic E-state index is -1.03. The number of para-hydroxylation sites is 1. The minimum absolute atomic E-state index is 0.0694. The molecule has 0 spiro atoms. The molecular weight excluding hydrogens is 480 g/mol. The lowest BCUT2D eigenvalue weighted by molar-refractivity contribution is -0.126. The van der Waals surface area contributed by atoms with Crippen LogP contribution in [0.25, 0.3) is 10.9 Å². The largest absolute Gasteiger partial charge is 0.467 e. The number of nitrogens with zero attached hydrogens (tertiary/aromatic N) is 3. The summed E-state index contributed by atoms with van der Waals surface area (Å²) in [5.74, 6) is 1.19. The van der Waals surface area contributed by atoms with Crippen molar-refractivity contribution in [2.75, 3.05) is 0 Å². The number of aromatic nitrogens is 4. The first-order valence-corrected chi connectivity index (χ1v) is 12.3. The molecule has 0 aliphatic heterocycles. The number of carbonyl (C=O) groups is 1. The number of H-pyrrole nitrogens is 1. The number of fused-ring (bicyclic) bond motifs is 1. The van der Waals surface area contributed by atoms with Crippen molar-refractivity contribution in [2.45, 2.75) is 69.1 Å². The predicted molar refractivity (Wildman–Crippen MR) is 141 cm³/mol. The van der Waals surface area contributed by atoms with Crippen LogP contribution in [0.4, 0.5) is 0 Å². The Morgan fingerprint density at radius 2 is 1.86 bits per heavy atom. The maximum atomic E-state index is 13.0. The van der Waals surface area contributed by atoms with Gasteiger partial charge in [0, 0.05) is 38.2 Å². The molecule has 0 bridgehead atoms. The maximum Gasteiger partial charge on any atom is 0.240 e. The molecule has 0 aliphatic rings. The fourth-order valence-electron chi connectivity index (χ4n) is 3.69. The van der Waals surface area contributed by atoms with E-state index in [0.717, 1.165) is 27.4 Å². The van der Waals surface area contributed by atoms with Crippen LogP contribution < -0.4 is 11.1 Å². The first-order chi connectivity index (χ1) is 17.0. The van der Waals surface area contributed by atoms with Crippen LogP contribution in [-0.4, -0.2) is 35.9 Å². The Morgan fingerprint density at radius 3 is 2.50 bits per heavy atom. The Bertz CT molecular complexity index is 1280. The number of benzene rings is 1. The second-order valence-electron chi connectivity index (χ2n) is 10.0. The zero-order valence-electron chi connectivity index (χ0n) is 21.1. The Kier molecular flexibility index (Phi) is 8.36. The molecule has 0 saturated carbocycles. The highest BCUT2D eigenvalue weighted by molar-refractivity contribution is 8.00. The lowest BCUT2D eigenvalue weighted by Gasteiger charge is -2.25. The summed E-state index contributed by atoms with van der Waals surface area (Å²) >= 11 is 1.63. The van der Waals surface area contributed by atoms with Crippen LogP contribution in [0.3, 0.4) is 0 Å². The average Bonchev–Trinajstić information content (AvgIpc) is 3.55. The van der Waals surface area contributed by atoms with E-state index in [0.29, 0.717) is 18.8 Å². The van der Waals surface area contributed by atoms with E-state index in [1.54, 1.807) is 31.9 Å². The smallest absolute Gasteiger partial charge is 0.240 e. The lowest BCUT2D eigenvalue weighted by Crippen LogP contribution is -2.50. The van der Waals surface area contributed by atoms with Crippen LogP contribution >= 0.6 is 11.8 Å². The lowest BCUT2D eigenvalue weighted by atomic mass is 10.0. The number of amides is 1. The zero-order valence-corrected chi connectivity index (χ0v) is 21.9. The van der Waals surface area contributed by atoms with Crippen molar-refractivity contribution in [1.29, 1.82) is 0 Å². The van der Waals surface area contributed by atoms with Gasteiger partial charge in [0.2, 0.25) is 5.91 Å². The molecule has 1 atom stereocenters. The fourth-order valence-corrected chi connectivity index (χ4v) is 4.58. The van der Waals surface area contributed by atoms with Gasteiger partial charge in [0.05, 0.1) is 24.4 Å². The van der Waals surface area contributed by atoms with Gasteiger partial charge in [0.25, 0.3) is 0 Å². The molecule has 1 amide bonds. The molecule has 0 radical (unpaired) electrons. The SMILES string of the molecule is CC(C)(C)Sc1nnc([C@@H](Cc2c[nH]c3ccccc23)NC(=O)C(C)(C)N)n1Cc1ccco1.O=O. The molecule has 10 nitrogen and oxygen atoms in total. The number of furan rings is 1. The standard InChI is InChI=1S/C25H32N6O2S.O2/c1-24(2,3)34-23-30-29-21(31(23)15-17-9-8-12-33-17)20(28-22(32)25(4,5)26)13-16-14-27-19-11-7-6-10-18(16)19;1-2/h6-12,14,20,27H,13,15,26H2,1-5H3,(H,28,32);/t20-;/m1./s1. The van der Waals surface area contributed by atoms with E-state index in [9.17, 15) is 4.79 Å². The van der Waals surface area contributed by atoms with Gasteiger partial charge in [-0.3, -0.25) is 9.36 Å². The fraction of sp³-hybridized carbons (Fsp3) is 0.400. The monoisotopic (exact) mass is 512 g/mol. The van der Waals surface area contributed by atoms with Gasteiger partial charge >= 0.3 is 0 Å². The van der Waals surface area contributed by atoms with Gasteiger partial charge < -0.3 is 20.5 Å². The van der Waals surface area contributed by atoms with Crippen LogP contribution in [0.15, 0.2) is 58.4 Å². The summed E-state index contributed by atoms with van der Waals surface area (Å²) < 4.78 is 7.58. The summed E-state index contributed by atoms with van der Waals surface area (Å²) in [6.45, 7) is 10.2. The molecule has 0 fully saturated rings. The molecular formula is C25H32N6O4S. The van der Waals surface area contributed by atoms with Gasteiger partial charge in [-0.15, -0.1) is 10.2 Å². The molecule has 36 heavy (non-hydrogen) atoms. The summed E-state index contributed by atoms with van der Waals surface area (Å²) in [7, 11) is 0. The third-order valence-corrected chi connectivity index (χ3v) is 6.44. The van der Waals surface area contributed by atoms with Crippen molar-refractivity contribution in [3.63, 3.8) is 0 Å². The van der Waals surface area contributed by atoms with Crippen LogP contribution in [0, 0.1) is 9.93 Å². The van der Waals surface area contributed by atoms with E-state index < -0.39 is 11.6 Å². The van der Waals surface area contributed by atoms with Crippen molar-refractivity contribution in [2.24, 2.45) is 5.73 Å². The van der Waals surface area contributed by atoms with E-state index in [4.69, 9.17) is 20.1 Å². The Balaban J connectivity index is 0.00000176. The van der Waals surface area contributed by atoms with Crippen LogP contribution in [-0.2, 0) is 17.8 Å². The third kappa shape index (κ3) is 6.61. The molecule has 0 saturated heterocycles. The van der Waals surface area contributed by atoms with Crippen molar-refractivity contribution in [1.82, 2.24) is 25.1 Å². The zero-order chi connectivity index (χ0) is 26.5. The van der Waals surface area contributed by atoms with Gasteiger partial charge in [0.1, 0.15) is 5.76 Å². The highest BCUT2D eigenvalue weighted by Crippen LogP contribution is 2.33. The van der Waals surface area contributed by atoms with Gasteiger partial charge in [-0.25, -0.2) is 0 Å². The summed E-state index contributed by atoms with van der Waals surface area (Å²) in [5.41, 5.74) is 7.21. The van der Waals surface area contributed by atoms with Crippen molar-refractivity contribution in [3.05, 3.63) is 75.9 Å². The molecule has 192 valence electrons. The van der Waals surface area contributed by atoms with E-state index >= 15 is 0 Å². The summed E-state index contributed by atoms with van der Waals surface area (Å²) in [6.07, 6.45) is 4.16. The topological polar surface area (TPSA) is 149 Å². The maximum absolute atomic E-state index is 13.0. The molecule has 0 unspecified atom stereocenters. The third-order valence-electron chi connectivity index (χ3n) is 5.34. The number of hydrogen-bond acceptors (Lipinski definition) is 8. The summed E-state index contributed by atoms with van der Waals surface area (Å²) in [4.78, 5) is 30.3. The van der Waals surface area contributed by atoms with Crippen LogP contribution in [0.1, 0.15) is 57.8 Å². The number of rotatable bonds is 8. The van der Waals surface area contributed by atoms with Crippen molar-refractivity contribution in [3.8, 4) is 0 Å². The highest BCUT2D eigenvalue weighted by Gasteiger charge is 2.30. The van der Waals surface area contributed by atoms with E-state index in [2.05, 4.69) is 47.3 Å². The molecule has 4 N–H and O–H groups in total. The molecule has 11 heteroatoms. The minimum Gasteiger partial charge on any atom is -0.467 e. The molecule has 0 aliphatic carbocycles. The van der Waals surface area contributed by atoms with Gasteiger partial charge in [-0.1, -0.05) is 50.7 Å². The second kappa shape index (κ2) is 11.1. The molecule has 1 aromatic carbocycles. The first-order valence-electron chi connectivity index (χ1n) is 11.5. The molecule has 3 aromatic heterocycles. The number of nitrogens with one attached hydrogen (secondary N) is 2. The number of hydrogen-bond donors (Lipinski definition) is 3. The quantitative estimate of drug-likeness (QED) is 0.292. The molecule has 4 aromatic rings. The van der Waals surface area contributed by atoms with Crippen molar-refractivity contribution < 1.29 is 9.21 Å². The van der Waals surface area contributed by atoms with Crippen LogP contribution in [0.2, 0.25) is 0 Å².